The Labute approximate surface area is 76.6 Å². The van der Waals surface area contributed by atoms with E-state index < -0.39 is 12.2 Å². The van der Waals surface area contributed by atoms with Gasteiger partial charge in [-0.3, -0.25) is 0 Å². The fourth-order valence-electron chi connectivity index (χ4n) is 1.12. The van der Waals surface area contributed by atoms with Crippen molar-refractivity contribution in [1.29, 1.82) is 0 Å². The van der Waals surface area contributed by atoms with Crippen molar-refractivity contribution in [3.05, 3.63) is 0 Å². The summed E-state index contributed by atoms with van der Waals surface area (Å²) < 4.78 is 9.25. The highest BCUT2D eigenvalue weighted by atomic mass is 16.6. The van der Waals surface area contributed by atoms with Crippen LogP contribution in [0.15, 0.2) is 0 Å². The summed E-state index contributed by atoms with van der Waals surface area (Å²) in [7, 11) is 1.23. The lowest BCUT2D eigenvalue weighted by Gasteiger charge is -2.34. The Kier molecular flexibility index (Phi) is 2.45. The number of ether oxygens (including phenoxy) is 2. The molecule has 74 valence electrons. The normalized spacial score (nSPS) is 20.8. The van der Waals surface area contributed by atoms with Crippen molar-refractivity contribution < 1.29 is 19.1 Å². The predicted octanol–water partition coefficient (Wildman–Crippen LogP) is 1.23. The van der Waals surface area contributed by atoms with E-state index in [-0.39, 0.29) is 5.41 Å². The summed E-state index contributed by atoms with van der Waals surface area (Å²) >= 11 is 0. The maximum absolute atomic E-state index is 11.1. The van der Waals surface area contributed by atoms with E-state index in [0.29, 0.717) is 13.2 Å². The van der Waals surface area contributed by atoms with Crippen molar-refractivity contribution >= 4 is 12.2 Å². The maximum Gasteiger partial charge on any atom is 0.419 e. The lowest BCUT2D eigenvalue weighted by Crippen LogP contribution is -2.50. The summed E-state index contributed by atoms with van der Waals surface area (Å²) in [4.78, 5) is 23.1. The minimum atomic E-state index is -0.669. The third-order valence-electron chi connectivity index (χ3n) is 1.79. The number of rotatable bonds is 0. The largest absolute Gasteiger partial charge is 0.452 e. The number of hydrogen-bond acceptors (Lipinski definition) is 4. The average molecular weight is 187 g/mol. The van der Waals surface area contributed by atoms with Crippen molar-refractivity contribution in [2.45, 2.75) is 13.8 Å². The number of amides is 2. The second-order valence-corrected chi connectivity index (χ2v) is 3.77. The number of carbonyl (C=O) groups excluding carboxylic acids is 2. The van der Waals surface area contributed by atoms with Crippen LogP contribution in [0.1, 0.15) is 13.8 Å². The number of methoxy groups -OCH3 is 1. The molecule has 0 aliphatic carbocycles. The van der Waals surface area contributed by atoms with Gasteiger partial charge in [-0.1, -0.05) is 13.8 Å². The molecule has 0 aromatic heterocycles. The monoisotopic (exact) mass is 187 g/mol. The molecule has 0 aromatic carbocycles. The third-order valence-corrected chi connectivity index (χ3v) is 1.79. The number of imide groups is 1. The molecule has 0 aromatic rings. The van der Waals surface area contributed by atoms with E-state index in [1.54, 1.807) is 0 Å². The van der Waals surface area contributed by atoms with Crippen molar-refractivity contribution in [2.75, 3.05) is 20.3 Å². The van der Waals surface area contributed by atoms with E-state index in [4.69, 9.17) is 4.74 Å². The van der Waals surface area contributed by atoms with Crippen LogP contribution in [0.4, 0.5) is 9.59 Å². The van der Waals surface area contributed by atoms with Crippen LogP contribution in [0.25, 0.3) is 0 Å². The van der Waals surface area contributed by atoms with Crippen LogP contribution in [0.5, 0.6) is 0 Å². The highest BCUT2D eigenvalue weighted by molar-refractivity contribution is 5.88. The van der Waals surface area contributed by atoms with Crippen LogP contribution in [-0.4, -0.2) is 37.3 Å². The minimum Gasteiger partial charge on any atom is -0.452 e. The summed E-state index contributed by atoms with van der Waals surface area (Å²) in [6.07, 6.45) is -1.30. The van der Waals surface area contributed by atoms with Gasteiger partial charge in [0.1, 0.15) is 6.61 Å². The van der Waals surface area contributed by atoms with Crippen LogP contribution in [-0.2, 0) is 9.47 Å². The van der Waals surface area contributed by atoms with E-state index in [2.05, 4.69) is 4.74 Å². The van der Waals surface area contributed by atoms with Gasteiger partial charge >= 0.3 is 12.2 Å². The molecule has 0 N–H and O–H groups in total. The summed E-state index contributed by atoms with van der Waals surface area (Å²) in [5, 5.41) is 0. The number of nitrogens with zero attached hydrogens (tertiary/aromatic N) is 1. The summed E-state index contributed by atoms with van der Waals surface area (Å²) in [6, 6.07) is 0. The summed E-state index contributed by atoms with van der Waals surface area (Å²) in [5.41, 5.74) is -0.206. The second kappa shape index (κ2) is 3.24. The van der Waals surface area contributed by atoms with Gasteiger partial charge in [0.25, 0.3) is 0 Å². The Hall–Kier alpha value is -1.26. The molecule has 0 unspecified atom stereocenters. The molecule has 5 heteroatoms. The minimum absolute atomic E-state index is 0.206. The SMILES string of the molecule is COC(=O)N1CC(C)(C)COC1=O. The first-order valence-corrected chi connectivity index (χ1v) is 3.98. The Morgan fingerprint density at radius 2 is 2.23 bits per heavy atom. The highest BCUT2D eigenvalue weighted by Gasteiger charge is 2.36. The number of carbonyl (C=O) groups is 2. The number of cyclic esters (lactones) is 1. The van der Waals surface area contributed by atoms with Crippen LogP contribution < -0.4 is 0 Å². The maximum atomic E-state index is 11.1. The first-order valence-electron chi connectivity index (χ1n) is 3.98. The topological polar surface area (TPSA) is 55.8 Å². The molecule has 1 aliphatic rings. The van der Waals surface area contributed by atoms with Gasteiger partial charge in [0, 0.05) is 12.0 Å². The Balaban J connectivity index is 2.71. The molecule has 1 aliphatic heterocycles. The molecule has 1 rings (SSSR count). The third kappa shape index (κ3) is 2.11. The molecule has 1 saturated heterocycles. The standard InChI is InChI=1S/C8H13NO4/c1-8(2)4-9(6(10)12-3)7(11)13-5-8/h4-5H2,1-3H3. The molecule has 13 heavy (non-hydrogen) atoms. The van der Waals surface area contributed by atoms with Crippen molar-refractivity contribution in [2.24, 2.45) is 5.41 Å². The lowest BCUT2D eigenvalue weighted by molar-refractivity contribution is 0.0104. The van der Waals surface area contributed by atoms with Crippen molar-refractivity contribution in [3.8, 4) is 0 Å². The first kappa shape index (κ1) is 9.83. The zero-order valence-corrected chi connectivity index (χ0v) is 7.99. The molecule has 0 atom stereocenters. The fourth-order valence-corrected chi connectivity index (χ4v) is 1.12. The molecular weight excluding hydrogens is 174 g/mol. The molecule has 2 amide bonds. The number of hydrogen-bond donors (Lipinski definition) is 0. The van der Waals surface area contributed by atoms with Crippen LogP contribution in [0, 0.1) is 5.41 Å². The van der Waals surface area contributed by atoms with E-state index in [1.165, 1.54) is 7.11 Å². The van der Waals surface area contributed by atoms with Gasteiger partial charge < -0.3 is 9.47 Å². The van der Waals surface area contributed by atoms with Gasteiger partial charge in [-0.15, -0.1) is 0 Å². The zero-order valence-electron chi connectivity index (χ0n) is 7.99. The predicted molar refractivity (Wildman–Crippen MR) is 44.2 cm³/mol. The second-order valence-electron chi connectivity index (χ2n) is 3.77. The highest BCUT2D eigenvalue weighted by Crippen LogP contribution is 2.23. The summed E-state index contributed by atoms with van der Waals surface area (Å²) in [5.74, 6) is 0. The van der Waals surface area contributed by atoms with E-state index in [0.717, 1.165) is 4.90 Å². The van der Waals surface area contributed by atoms with Gasteiger partial charge in [0.2, 0.25) is 0 Å². The van der Waals surface area contributed by atoms with Gasteiger partial charge in [-0.05, 0) is 0 Å². The molecule has 1 fully saturated rings. The molecule has 0 spiro atoms. The molecule has 0 bridgehead atoms. The quantitative estimate of drug-likeness (QED) is 0.572. The molecule has 0 radical (unpaired) electrons. The Bertz CT molecular complexity index is 228. The van der Waals surface area contributed by atoms with Crippen LogP contribution >= 0.6 is 0 Å². The van der Waals surface area contributed by atoms with Gasteiger partial charge in [-0.25, -0.2) is 14.5 Å². The lowest BCUT2D eigenvalue weighted by atomic mass is 9.93. The first-order chi connectivity index (χ1) is 5.96. The zero-order chi connectivity index (χ0) is 10.1. The Morgan fingerprint density at radius 3 is 2.77 bits per heavy atom. The average Bonchev–Trinajstić information content (AvgIpc) is 2.08. The van der Waals surface area contributed by atoms with Crippen molar-refractivity contribution in [3.63, 3.8) is 0 Å². The molecule has 0 saturated carbocycles. The van der Waals surface area contributed by atoms with Gasteiger partial charge in [-0.2, -0.15) is 0 Å². The molecule has 5 nitrogen and oxygen atoms in total. The summed E-state index contributed by atoms with van der Waals surface area (Å²) in [6.45, 7) is 4.49. The molecular formula is C8H13NO4. The van der Waals surface area contributed by atoms with Gasteiger partial charge in [0.15, 0.2) is 0 Å². The van der Waals surface area contributed by atoms with E-state index in [9.17, 15) is 9.59 Å². The van der Waals surface area contributed by atoms with Gasteiger partial charge in [0.05, 0.1) is 7.11 Å². The van der Waals surface area contributed by atoms with Crippen LogP contribution in [0.3, 0.4) is 0 Å². The van der Waals surface area contributed by atoms with Crippen LogP contribution in [0.2, 0.25) is 0 Å². The van der Waals surface area contributed by atoms with E-state index in [1.807, 2.05) is 13.8 Å². The fraction of sp³-hybridized carbons (Fsp3) is 0.750. The molecule has 1 heterocycles. The Morgan fingerprint density at radius 1 is 1.62 bits per heavy atom. The smallest absolute Gasteiger partial charge is 0.419 e. The van der Waals surface area contributed by atoms with Crippen molar-refractivity contribution in [1.82, 2.24) is 4.90 Å². The van der Waals surface area contributed by atoms with E-state index >= 15 is 0 Å².